The first-order chi connectivity index (χ1) is 7.65. The maximum atomic E-state index is 11.8. The van der Waals surface area contributed by atoms with E-state index in [-0.39, 0.29) is 17.9 Å². The van der Waals surface area contributed by atoms with Crippen LogP contribution in [0, 0.1) is 5.92 Å². The summed E-state index contributed by atoms with van der Waals surface area (Å²) in [6.07, 6.45) is 2.74. The lowest BCUT2D eigenvalue weighted by Crippen LogP contribution is -2.29. The Hall–Kier alpha value is -0.390. The van der Waals surface area contributed by atoms with Crippen LogP contribution < -0.4 is 11.1 Å². The molecule has 16 heavy (non-hydrogen) atoms. The van der Waals surface area contributed by atoms with E-state index in [1.54, 1.807) is 11.3 Å². The van der Waals surface area contributed by atoms with Gasteiger partial charge in [-0.15, -0.1) is 11.3 Å². The van der Waals surface area contributed by atoms with Gasteiger partial charge in [0, 0.05) is 26.7 Å². The summed E-state index contributed by atoms with van der Waals surface area (Å²) in [6.45, 7) is 0.626. The summed E-state index contributed by atoms with van der Waals surface area (Å²) in [6, 6.07) is 2.25. The van der Waals surface area contributed by atoms with E-state index in [1.807, 2.05) is 11.4 Å². The van der Waals surface area contributed by atoms with Crippen molar-refractivity contribution in [2.45, 2.75) is 31.8 Å². The van der Waals surface area contributed by atoms with E-state index in [1.165, 1.54) is 4.88 Å². The first-order valence-corrected chi connectivity index (χ1v) is 7.08. The fourth-order valence-electron chi connectivity index (χ4n) is 2.02. The number of thiophene rings is 1. The largest absolute Gasteiger partial charge is 0.351 e. The van der Waals surface area contributed by atoms with Crippen LogP contribution in [-0.2, 0) is 11.3 Å². The second-order valence-electron chi connectivity index (χ2n) is 4.22. The highest BCUT2D eigenvalue weighted by Gasteiger charge is 2.27. The molecule has 1 aromatic rings. The zero-order valence-corrected chi connectivity index (χ0v) is 11.3. The molecule has 2 atom stereocenters. The molecule has 0 aliphatic heterocycles. The molecule has 3 nitrogen and oxygen atoms in total. The molecular weight excluding hydrogens is 288 g/mol. The summed E-state index contributed by atoms with van der Waals surface area (Å²) >= 11 is 5.04. The molecule has 2 rings (SSSR count). The zero-order valence-electron chi connectivity index (χ0n) is 8.91. The number of nitrogens with one attached hydrogen (secondary N) is 1. The third kappa shape index (κ3) is 3.06. The topological polar surface area (TPSA) is 55.1 Å². The summed E-state index contributed by atoms with van der Waals surface area (Å²) in [7, 11) is 0. The Morgan fingerprint density at radius 2 is 2.44 bits per heavy atom. The van der Waals surface area contributed by atoms with Crippen LogP contribution in [0.5, 0.6) is 0 Å². The smallest absolute Gasteiger partial charge is 0.223 e. The first-order valence-electron chi connectivity index (χ1n) is 5.41. The van der Waals surface area contributed by atoms with Crippen molar-refractivity contribution in [3.8, 4) is 0 Å². The van der Waals surface area contributed by atoms with Gasteiger partial charge in [0.2, 0.25) is 5.91 Å². The molecule has 0 bridgehead atoms. The average Bonchev–Trinajstić information content (AvgIpc) is 2.84. The van der Waals surface area contributed by atoms with Gasteiger partial charge in [-0.1, -0.05) is 0 Å². The monoisotopic (exact) mass is 302 g/mol. The van der Waals surface area contributed by atoms with Gasteiger partial charge in [0.1, 0.15) is 0 Å². The van der Waals surface area contributed by atoms with E-state index in [2.05, 4.69) is 21.2 Å². The van der Waals surface area contributed by atoms with Gasteiger partial charge >= 0.3 is 0 Å². The first kappa shape index (κ1) is 12.1. The van der Waals surface area contributed by atoms with Gasteiger partial charge < -0.3 is 11.1 Å². The van der Waals surface area contributed by atoms with Crippen LogP contribution >= 0.6 is 27.3 Å². The molecule has 0 aromatic carbocycles. The molecule has 5 heteroatoms. The van der Waals surface area contributed by atoms with Crippen molar-refractivity contribution in [1.82, 2.24) is 5.32 Å². The molecule has 1 fully saturated rings. The van der Waals surface area contributed by atoms with Crippen LogP contribution in [0.4, 0.5) is 0 Å². The summed E-state index contributed by atoms with van der Waals surface area (Å²) in [5, 5.41) is 4.99. The predicted octanol–water partition coefficient (Wildman–Crippen LogP) is 2.25. The highest BCUT2D eigenvalue weighted by Crippen LogP contribution is 2.24. The van der Waals surface area contributed by atoms with Crippen molar-refractivity contribution < 1.29 is 4.79 Å². The predicted molar refractivity (Wildman–Crippen MR) is 69.2 cm³/mol. The Morgan fingerprint density at radius 1 is 1.62 bits per heavy atom. The van der Waals surface area contributed by atoms with E-state index in [4.69, 9.17) is 5.73 Å². The van der Waals surface area contributed by atoms with Crippen LogP contribution in [0.3, 0.4) is 0 Å². The molecule has 1 heterocycles. The molecular formula is C11H15BrN2OS. The number of amides is 1. The van der Waals surface area contributed by atoms with Crippen molar-refractivity contribution in [2.24, 2.45) is 11.7 Å². The van der Waals surface area contributed by atoms with Crippen LogP contribution in [0.25, 0.3) is 0 Å². The molecule has 1 aliphatic rings. The molecule has 88 valence electrons. The number of carbonyl (C=O) groups is 1. The fraction of sp³-hybridized carbons (Fsp3) is 0.545. The van der Waals surface area contributed by atoms with E-state index in [0.29, 0.717) is 6.54 Å². The maximum Gasteiger partial charge on any atom is 0.223 e. The van der Waals surface area contributed by atoms with Gasteiger partial charge in [-0.05, 0) is 41.3 Å². The van der Waals surface area contributed by atoms with Crippen LogP contribution in [0.2, 0.25) is 0 Å². The van der Waals surface area contributed by atoms with Gasteiger partial charge in [-0.25, -0.2) is 0 Å². The normalized spacial score (nSPS) is 24.6. The minimum atomic E-state index is 0.124. The summed E-state index contributed by atoms with van der Waals surface area (Å²) in [4.78, 5) is 13.0. The molecule has 0 radical (unpaired) electrons. The van der Waals surface area contributed by atoms with Crippen LogP contribution in [0.1, 0.15) is 24.1 Å². The lowest BCUT2D eigenvalue weighted by atomic mass is 10.1. The molecule has 2 unspecified atom stereocenters. The third-order valence-electron chi connectivity index (χ3n) is 2.90. The van der Waals surface area contributed by atoms with Gasteiger partial charge in [0.15, 0.2) is 0 Å². The van der Waals surface area contributed by atoms with Crippen molar-refractivity contribution in [2.75, 3.05) is 0 Å². The van der Waals surface area contributed by atoms with Crippen molar-refractivity contribution in [3.05, 3.63) is 20.8 Å². The second kappa shape index (κ2) is 5.29. The van der Waals surface area contributed by atoms with Crippen molar-refractivity contribution in [1.29, 1.82) is 0 Å². The zero-order chi connectivity index (χ0) is 11.5. The number of rotatable bonds is 3. The molecule has 1 aromatic heterocycles. The molecule has 0 spiro atoms. The molecule has 0 saturated heterocycles. The Bertz CT molecular complexity index is 380. The Morgan fingerprint density at radius 3 is 3.00 bits per heavy atom. The number of carbonyl (C=O) groups excluding carboxylic acids is 1. The van der Waals surface area contributed by atoms with Gasteiger partial charge in [0.25, 0.3) is 0 Å². The molecule has 1 aliphatic carbocycles. The highest BCUT2D eigenvalue weighted by atomic mass is 79.9. The van der Waals surface area contributed by atoms with Gasteiger partial charge in [-0.2, -0.15) is 0 Å². The number of nitrogens with two attached hydrogens (primary N) is 1. The summed E-state index contributed by atoms with van der Waals surface area (Å²) in [5.74, 6) is 0.274. The van der Waals surface area contributed by atoms with E-state index in [9.17, 15) is 4.79 Å². The number of hydrogen-bond donors (Lipinski definition) is 2. The quantitative estimate of drug-likeness (QED) is 0.900. The van der Waals surface area contributed by atoms with Crippen molar-refractivity contribution in [3.63, 3.8) is 0 Å². The van der Waals surface area contributed by atoms with Crippen LogP contribution in [-0.4, -0.2) is 11.9 Å². The Balaban J connectivity index is 1.80. The molecule has 1 saturated carbocycles. The van der Waals surface area contributed by atoms with E-state index < -0.39 is 0 Å². The lowest BCUT2D eigenvalue weighted by Gasteiger charge is -2.09. The summed E-state index contributed by atoms with van der Waals surface area (Å²) in [5.41, 5.74) is 5.79. The Labute approximate surface area is 108 Å². The minimum absolute atomic E-state index is 0.124. The van der Waals surface area contributed by atoms with Gasteiger partial charge in [0.05, 0.1) is 6.54 Å². The van der Waals surface area contributed by atoms with E-state index in [0.717, 1.165) is 23.7 Å². The molecule has 1 amide bonds. The van der Waals surface area contributed by atoms with Gasteiger partial charge in [-0.3, -0.25) is 4.79 Å². The van der Waals surface area contributed by atoms with Crippen molar-refractivity contribution >= 4 is 33.2 Å². The fourth-order valence-corrected chi connectivity index (χ4v) is 3.41. The second-order valence-corrected chi connectivity index (χ2v) is 6.13. The number of hydrogen-bond acceptors (Lipinski definition) is 3. The highest BCUT2D eigenvalue weighted by molar-refractivity contribution is 9.10. The van der Waals surface area contributed by atoms with E-state index >= 15 is 0 Å². The standard InChI is InChI=1S/C11H15BrN2OS/c12-8-4-10(16-6-8)5-14-11(15)7-1-2-9(13)3-7/h4,6-7,9H,1-3,5,13H2,(H,14,15). The minimum Gasteiger partial charge on any atom is -0.351 e. The third-order valence-corrected chi connectivity index (χ3v) is 4.60. The van der Waals surface area contributed by atoms with Crippen LogP contribution in [0.15, 0.2) is 15.9 Å². The SMILES string of the molecule is NC1CCC(C(=O)NCc2cc(Br)cs2)C1. The summed E-state index contributed by atoms with van der Waals surface area (Å²) < 4.78 is 1.07. The average molecular weight is 303 g/mol. The lowest BCUT2D eigenvalue weighted by molar-refractivity contribution is -0.124. The maximum absolute atomic E-state index is 11.8. The Kier molecular flexibility index (Phi) is 4.00. The molecule has 3 N–H and O–H groups in total. The number of halogens is 1.